The molecule has 0 saturated heterocycles. The van der Waals surface area contributed by atoms with Gasteiger partial charge >= 0.3 is 0 Å². The fourth-order valence-electron chi connectivity index (χ4n) is 2.78. The molecule has 0 aromatic heterocycles. The van der Waals surface area contributed by atoms with Gasteiger partial charge in [-0.05, 0) is 24.3 Å². The van der Waals surface area contributed by atoms with Gasteiger partial charge in [-0.3, -0.25) is 0 Å². The van der Waals surface area contributed by atoms with Gasteiger partial charge in [0.25, 0.3) is 0 Å². The van der Waals surface area contributed by atoms with Crippen LogP contribution in [0.25, 0.3) is 0 Å². The second-order valence-electron chi connectivity index (χ2n) is 5.56. The van der Waals surface area contributed by atoms with Crippen LogP contribution >= 0.6 is 11.6 Å². The van der Waals surface area contributed by atoms with Crippen molar-refractivity contribution in [1.82, 2.24) is 0 Å². The summed E-state index contributed by atoms with van der Waals surface area (Å²) in [5.41, 5.74) is 3.01. The topological polar surface area (TPSA) is 40.2 Å². The first kappa shape index (κ1) is 16.7. The van der Waals surface area contributed by atoms with Crippen LogP contribution in [-0.4, -0.2) is 28.1 Å². The number of benzene rings is 2. The zero-order valence-corrected chi connectivity index (χ0v) is 14.7. The Morgan fingerprint density at radius 2 is 1.92 bits per heavy atom. The number of ether oxygens (including phenoxy) is 4. The molecule has 1 aliphatic heterocycles. The molecular weight excluding hydrogens is 330 g/mol. The Bertz CT molecular complexity index is 735. The third-order valence-electron chi connectivity index (χ3n) is 3.97. The summed E-state index contributed by atoms with van der Waals surface area (Å²) < 4.78 is 21.7. The number of hydrogen-bond donors (Lipinski definition) is 0. The number of fused-ring (bicyclic) bond motifs is 1. The van der Waals surface area contributed by atoms with Gasteiger partial charge in [-0.2, -0.15) is 0 Å². The monoisotopic (exact) mass is 349 g/mol. The minimum atomic E-state index is 0.266. The second-order valence-corrected chi connectivity index (χ2v) is 6.00. The zero-order chi connectivity index (χ0) is 17.1. The van der Waals surface area contributed by atoms with E-state index in [1.54, 1.807) is 14.2 Å². The third-order valence-corrected chi connectivity index (χ3v) is 4.19. The summed E-state index contributed by atoms with van der Waals surface area (Å²) in [4.78, 5) is 2.10. The molecule has 0 amide bonds. The Labute approximate surface area is 146 Å². The molecule has 0 atom stereocenters. The van der Waals surface area contributed by atoms with Crippen LogP contribution in [0.1, 0.15) is 11.1 Å². The van der Waals surface area contributed by atoms with E-state index in [1.165, 1.54) is 0 Å². The summed E-state index contributed by atoms with van der Waals surface area (Å²) in [6, 6.07) is 9.64. The molecule has 0 fully saturated rings. The zero-order valence-electron chi connectivity index (χ0n) is 14.0. The lowest BCUT2D eigenvalue weighted by atomic mass is 10.1. The Morgan fingerprint density at radius 1 is 1.12 bits per heavy atom. The minimum absolute atomic E-state index is 0.266. The molecule has 0 bridgehead atoms. The molecule has 0 aliphatic carbocycles. The highest BCUT2D eigenvalue weighted by molar-refractivity contribution is 6.30. The highest BCUT2D eigenvalue weighted by atomic mass is 35.5. The van der Waals surface area contributed by atoms with Crippen molar-refractivity contribution < 1.29 is 18.9 Å². The van der Waals surface area contributed by atoms with Gasteiger partial charge in [-0.1, -0.05) is 11.6 Å². The molecule has 0 saturated carbocycles. The average molecular weight is 350 g/mol. The summed E-state index contributed by atoms with van der Waals surface area (Å²) in [6.45, 7) is 1.43. The summed E-state index contributed by atoms with van der Waals surface area (Å²) in [7, 11) is 5.26. The Morgan fingerprint density at radius 3 is 2.67 bits per heavy atom. The predicted octanol–water partition coefficient (Wildman–Crippen LogP) is 3.86. The van der Waals surface area contributed by atoms with E-state index in [0.29, 0.717) is 29.7 Å². The van der Waals surface area contributed by atoms with Crippen LogP contribution in [0, 0.1) is 0 Å². The quantitative estimate of drug-likeness (QED) is 0.819. The molecule has 0 radical (unpaired) electrons. The molecule has 2 aromatic rings. The lowest BCUT2D eigenvalue weighted by Crippen LogP contribution is -2.19. The van der Waals surface area contributed by atoms with E-state index in [4.69, 9.17) is 30.5 Å². The van der Waals surface area contributed by atoms with Crippen molar-refractivity contribution in [3.05, 3.63) is 46.5 Å². The molecule has 0 spiro atoms. The predicted molar refractivity (Wildman–Crippen MR) is 93.4 cm³/mol. The van der Waals surface area contributed by atoms with Gasteiger partial charge < -0.3 is 23.8 Å². The number of methoxy groups -OCH3 is 2. The second kappa shape index (κ2) is 7.20. The third kappa shape index (κ3) is 3.37. The van der Waals surface area contributed by atoms with Crippen molar-refractivity contribution in [3.63, 3.8) is 0 Å². The van der Waals surface area contributed by atoms with Gasteiger partial charge in [0.1, 0.15) is 5.75 Å². The standard InChI is InChI=1S/C18H20ClNO4/c1-20(15-4-5-16(21-2)17(8-15)22-3)9-12-6-14(19)7-13-10-23-11-24-18(12)13/h4-8H,9-11H2,1-3H3. The van der Waals surface area contributed by atoms with Crippen LogP contribution in [0.2, 0.25) is 5.02 Å². The van der Waals surface area contributed by atoms with Crippen LogP contribution < -0.4 is 19.1 Å². The molecule has 0 N–H and O–H groups in total. The van der Waals surface area contributed by atoms with Crippen LogP contribution in [-0.2, 0) is 17.9 Å². The van der Waals surface area contributed by atoms with Crippen LogP contribution in [0.5, 0.6) is 17.2 Å². The number of halogens is 1. The van der Waals surface area contributed by atoms with E-state index >= 15 is 0 Å². The molecule has 24 heavy (non-hydrogen) atoms. The number of rotatable bonds is 5. The van der Waals surface area contributed by atoms with E-state index < -0.39 is 0 Å². The van der Waals surface area contributed by atoms with Crippen LogP contribution in [0.15, 0.2) is 30.3 Å². The minimum Gasteiger partial charge on any atom is -0.493 e. The van der Waals surface area contributed by atoms with Crippen molar-refractivity contribution in [2.24, 2.45) is 0 Å². The first-order valence-electron chi connectivity index (χ1n) is 7.57. The van der Waals surface area contributed by atoms with Gasteiger partial charge in [0.15, 0.2) is 18.3 Å². The average Bonchev–Trinajstić information content (AvgIpc) is 2.60. The summed E-state index contributed by atoms with van der Waals surface area (Å²) >= 11 is 6.23. The lowest BCUT2D eigenvalue weighted by molar-refractivity contribution is -0.0170. The largest absolute Gasteiger partial charge is 0.493 e. The molecule has 0 unspecified atom stereocenters. The van der Waals surface area contributed by atoms with Gasteiger partial charge in [-0.25, -0.2) is 0 Å². The Kier molecular flexibility index (Phi) is 5.02. The van der Waals surface area contributed by atoms with Gasteiger partial charge in [0.05, 0.1) is 20.8 Å². The van der Waals surface area contributed by atoms with Crippen molar-refractivity contribution >= 4 is 17.3 Å². The van der Waals surface area contributed by atoms with Crippen LogP contribution in [0.4, 0.5) is 5.69 Å². The number of anilines is 1. The van der Waals surface area contributed by atoms with E-state index in [9.17, 15) is 0 Å². The fourth-order valence-corrected chi connectivity index (χ4v) is 3.05. The highest BCUT2D eigenvalue weighted by Gasteiger charge is 2.18. The van der Waals surface area contributed by atoms with Crippen molar-refractivity contribution in [1.29, 1.82) is 0 Å². The number of hydrogen-bond acceptors (Lipinski definition) is 5. The van der Waals surface area contributed by atoms with Gasteiger partial charge in [0.2, 0.25) is 0 Å². The molecule has 1 aliphatic rings. The summed E-state index contributed by atoms with van der Waals surface area (Å²) in [5, 5.41) is 0.679. The van der Waals surface area contributed by atoms with Crippen LogP contribution in [0.3, 0.4) is 0 Å². The normalized spacial score (nSPS) is 13.0. The van der Waals surface area contributed by atoms with Gasteiger partial charge in [-0.15, -0.1) is 0 Å². The van der Waals surface area contributed by atoms with E-state index in [2.05, 4.69) is 4.90 Å². The molecule has 3 rings (SSSR count). The van der Waals surface area contributed by atoms with Crippen molar-refractivity contribution in [2.45, 2.75) is 13.2 Å². The Balaban J connectivity index is 1.87. The maximum absolute atomic E-state index is 6.23. The molecule has 5 nitrogen and oxygen atoms in total. The maximum Gasteiger partial charge on any atom is 0.189 e. The highest BCUT2D eigenvalue weighted by Crippen LogP contribution is 2.35. The summed E-state index contributed by atoms with van der Waals surface area (Å²) in [5.74, 6) is 2.26. The molecule has 6 heteroatoms. The molecular formula is C18H20ClNO4. The molecule has 128 valence electrons. The fraction of sp³-hybridized carbons (Fsp3) is 0.333. The van der Waals surface area contributed by atoms with Gasteiger partial charge in [0, 0.05) is 41.5 Å². The Hall–Kier alpha value is -2.11. The summed E-state index contributed by atoms with van der Waals surface area (Å²) in [6.07, 6.45) is 0. The van der Waals surface area contributed by atoms with E-state index in [0.717, 1.165) is 22.6 Å². The smallest absolute Gasteiger partial charge is 0.189 e. The van der Waals surface area contributed by atoms with E-state index in [1.807, 2.05) is 37.4 Å². The lowest BCUT2D eigenvalue weighted by Gasteiger charge is -2.25. The van der Waals surface area contributed by atoms with Crippen molar-refractivity contribution in [2.75, 3.05) is 33.0 Å². The first-order valence-corrected chi connectivity index (χ1v) is 7.95. The SMILES string of the molecule is COc1ccc(N(C)Cc2cc(Cl)cc3c2OCOC3)cc1OC. The number of nitrogens with zero attached hydrogens (tertiary/aromatic N) is 1. The van der Waals surface area contributed by atoms with Crippen molar-refractivity contribution in [3.8, 4) is 17.2 Å². The molecule has 2 aromatic carbocycles. The molecule has 1 heterocycles. The maximum atomic E-state index is 6.23. The first-order chi connectivity index (χ1) is 11.6. The van der Waals surface area contributed by atoms with E-state index in [-0.39, 0.29) is 6.79 Å².